The molecule has 0 aromatic carbocycles. The van der Waals surface area contributed by atoms with Gasteiger partial charge in [0.25, 0.3) is 0 Å². The Morgan fingerprint density at radius 2 is 1.53 bits per heavy atom. The Labute approximate surface area is 352 Å². The first kappa shape index (κ1) is 44.0. The smallest absolute Gasteiger partial charge is 0.321 e. The van der Waals surface area contributed by atoms with E-state index in [4.69, 9.17) is 9.47 Å². The van der Waals surface area contributed by atoms with Gasteiger partial charge in [-0.3, -0.25) is 14.4 Å². The van der Waals surface area contributed by atoms with Crippen molar-refractivity contribution < 1.29 is 23.9 Å². The van der Waals surface area contributed by atoms with Gasteiger partial charge in [-0.15, -0.1) is 0 Å². The van der Waals surface area contributed by atoms with Crippen LogP contribution in [0.3, 0.4) is 0 Å². The van der Waals surface area contributed by atoms with Crippen LogP contribution in [0.25, 0.3) is 11.6 Å². The van der Waals surface area contributed by atoms with Gasteiger partial charge in [0.2, 0.25) is 0 Å². The highest BCUT2D eigenvalue weighted by molar-refractivity contribution is 6.24. The predicted molar refractivity (Wildman–Crippen MR) is 237 cm³/mol. The average molecular weight is 807 g/mol. The third-order valence-corrected chi connectivity index (χ3v) is 13.8. The normalized spacial score (nSPS) is 21.5. The molecule has 3 aromatic rings. The van der Waals surface area contributed by atoms with Gasteiger partial charge < -0.3 is 29.7 Å². The van der Waals surface area contributed by atoms with E-state index < -0.39 is 11.9 Å². The summed E-state index contributed by atoms with van der Waals surface area (Å²) in [6, 6.07) is 0. The fraction of sp³-hybridized carbons (Fsp3) is 0.580. The molecule has 1 saturated heterocycles. The minimum absolute atomic E-state index is 0.0417. The number of methoxy groups -OCH3 is 1. The van der Waals surface area contributed by atoms with E-state index in [1.807, 2.05) is 13.0 Å². The number of Topliss-reactive ketones (excluding diaryl/α,β-unsaturated/α-hetero) is 1. The topological polar surface area (TPSA) is 129 Å². The maximum absolute atomic E-state index is 14.4. The molecule has 9 nitrogen and oxygen atoms in total. The van der Waals surface area contributed by atoms with Crippen LogP contribution in [0.4, 0.5) is 0 Å². The van der Waals surface area contributed by atoms with E-state index in [0.29, 0.717) is 29.7 Å². The fourth-order valence-electron chi connectivity index (χ4n) is 10.1. The number of ketones is 1. The number of hydrogen-bond donors (Lipinski definition) is 4. The van der Waals surface area contributed by atoms with Crippen LogP contribution in [0, 0.1) is 50.4 Å². The summed E-state index contributed by atoms with van der Waals surface area (Å²) in [7, 11) is 1.34. The number of aromatic amines is 3. The van der Waals surface area contributed by atoms with E-state index in [2.05, 4.69) is 88.7 Å². The third kappa shape index (κ3) is 9.14. The standard InChI is InChI=1S/C50H70N4O5/c1-12-34-30(7)37-24-39-32(9)36(20-21-43(55)59-23-22-29(6)19-15-18-28(5)17-14-16-27(3)4)47(53-39)45-46(50(57)58-11)49(56)44-33(10)40(54-48(44)45)26-42-35(13-2)31(8)38(52-42)25-41(34)51-37/h22,24,27-28,32,36,46,51-54H,12-21,23,25-26H2,1-11H3/b29-22+,39-24-,47-45-/t28-,32+,36+,46-/m1/s1. The Morgan fingerprint density at radius 3 is 2.20 bits per heavy atom. The molecule has 59 heavy (non-hydrogen) atoms. The van der Waals surface area contributed by atoms with Crippen LogP contribution < -0.4 is 5.32 Å². The van der Waals surface area contributed by atoms with Gasteiger partial charge in [0, 0.05) is 82.1 Å². The molecule has 0 radical (unpaired) electrons. The van der Waals surface area contributed by atoms with Crippen LogP contribution >= 0.6 is 0 Å². The lowest BCUT2D eigenvalue weighted by Crippen LogP contribution is -2.25. The Balaban J connectivity index is 1.31. The second kappa shape index (κ2) is 18.8. The first-order valence-corrected chi connectivity index (χ1v) is 22.5. The molecular formula is C50H70N4O5. The van der Waals surface area contributed by atoms with Crippen molar-refractivity contribution in [3.05, 3.63) is 90.6 Å². The molecule has 4 N–H and O–H groups in total. The second-order valence-electron chi connectivity index (χ2n) is 18.2. The summed E-state index contributed by atoms with van der Waals surface area (Å²) in [6.45, 7) is 22.3. The molecule has 8 bridgehead atoms. The average Bonchev–Trinajstić information content (AvgIpc) is 3.94. The van der Waals surface area contributed by atoms with Crippen molar-refractivity contribution in [3.63, 3.8) is 0 Å². The highest BCUT2D eigenvalue weighted by Crippen LogP contribution is 2.48. The quantitative estimate of drug-likeness (QED) is 0.0648. The fourth-order valence-corrected chi connectivity index (χ4v) is 10.1. The lowest BCUT2D eigenvalue weighted by atomic mass is 9.85. The van der Waals surface area contributed by atoms with E-state index in [9.17, 15) is 14.4 Å². The predicted octanol–water partition coefficient (Wildman–Crippen LogP) is 10.7. The third-order valence-electron chi connectivity index (χ3n) is 13.8. The number of fused-ring (bicyclic) bond motifs is 7. The van der Waals surface area contributed by atoms with E-state index in [0.717, 1.165) is 78.0 Å². The molecule has 320 valence electrons. The zero-order valence-corrected chi connectivity index (χ0v) is 37.8. The van der Waals surface area contributed by atoms with Gasteiger partial charge in [-0.25, -0.2) is 0 Å². The summed E-state index contributed by atoms with van der Waals surface area (Å²) in [5.41, 5.74) is 16.4. The summed E-state index contributed by atoms with van der Waals surface area (Å²) in [5, 5.41) is 3.74. The number of hydrogen-bond acceptors (Lipinski definition) is 6. The van der Waals surface area contributed by atoms with E-state index in [1.54, 1.807) is 0 Å². The van der Waals surface area contributed by atoms with Gasteiger partial charge in [0.05, 0.1) is 12.8 Å². The highest BCUT2D eigenvalue weighted by atomic mass is 16.5. The number of carbonyl (C=O) groups is 3. The summed E-state index contributed by atoms with van der Waals surface area (Å²) in [5.74, 6) is -0.920. The van der Waals surface area contributed by atoms with Crippen molar-refractivity contribution in [2.75, 3.05) is 13.7 Å². The van der Waals surface area contributed by atoms with Crippen LogP contribution in [-0.2, 0) is 44.7 Å². The molecule has 5 heterocycles. The number of esters is 2. The molecule has 1 aliphatic carbocycles. The highest BCUT2D eigenvalue weighted by Gasteiger charge is 2.48. The Bertz CT molecular complexity index is 2150. The SMILES string of the molecule is CCc1c2[nH]c(c1C)/C=C1\N/C(=C3\c4[nH]c(c(C)c4C(=O)[C@@H]3C(=O)OC)Cc3[nH]c(c(C)c3CC)C2)[C@@H](CCC(=O)OC/C=C(\C)CCC[C@H](C)CCCC(C)C)[C@@H]1C. The molecule has 0 amide bonds. The second-order valence-corrected chi connectivity index (χ2v) is 18.2. The van der Waals surface area contributed by atoms with Gasteiger partial charge in [-0.05, 0) is 112 Å². The lowest BCUT2D eigenvalue weighted by molar-refractivity contribution is -0.143. The van der Waals surface area contributed by atoms with Crippen molar-refractivity contribution in [1.29, 1.82) is 0 Å². The minimum Gasteiger partial charge on any atom is -0.468 e. The van der Waals surface area contributed by atoms with Gasteiger partial charge in [-0.2, -0.15) is 0 Å². The number of carbonyl (C=O) groups excluding carboxylic acids is 3. The van der Waals surface area contributed by atoms with Gasteiger partial charge >= 0.3 is 11.9 Å². The number of nitrogens with one attached hydrogen (secondary N) is 4. The van der Waals surface area contributed by atoms with E-state index in [1.165, 1.54) is 72.0 Å². The van der Waals surface area contributed by atoms with Crippen LogP contribution in [0.15, 0.2) is 23.0 Å². The number of rotatable bonds is 16. The number of aromatic nitrogens is 3. The molecule has 0 spiro atoms. The maximum atomic E-state index is 14.4. The molecule has 0 saturated carbocycles. The van der Waals surface area contributed by atoms with Gasteiger partial charge in [-0.1, -0.05) is 72.8 Å². The molecule has 1 fully saturated rings. The molecule has 4 atom stereocenters. The van der Waals surface area contributed by atoms with Crippen molar-refractivity contribution in [2.24, 2.45) is 29.6 Å². The molecule has 0 unspecified atom stereocenters. The van der Waals surface area contributed by atoms with Gasteiger partial charge in [0.1, 0.15) is 12.5 Å². The van der Waals surface area contributed by atoms with Crippen LogP contribution in [0.5, 0.6) is 0 Å². The number of allylic oxidation sites excluding steroid dienone is 3. The van der Waals surface area contributed by atoms with Crippen molar-refractivity contribution >= 4 is 29.4 Å². The maximum Gasteiger partial charge on any atom is 0.321 e. The summed E-state index contributed by atoms with van der Waals surface area (Å²) in [6.07, 6.45) is 15.3. The molecule has 2 aliphatic heterocycles. The Morgan fingerprint density at radius 1 is 0.864 bits per heavy atom. The van der Waals surface area contributed by atoms with Crippen LogP contribution in [-0.4, -0.2) is 46.4 Å². The van der Waals surface area contributed by atoms with Crippen LogP contribution in [0.2, 0.25) is 0 Å². The zero-order valence-electron chi connectivity index (χ0n) is 37.8. The van der Waals surface area contributed by atoms with Crippen molar-refractivity contribution in [3.8, 4) is 0 Å². The zero-order chi connectivity index (χ0) is 42.7. The number of ether oxygens (including phenoxy) is 2. The lowest BCUT2D eigenvalue weighted by Gasteiger charge is -2.19. The first-order chi connectivity index (χ1) is 28.2. The summed E-state index contributed by atoms with van der Waals surface area (Å²) >= 11 is 0. The molecule has 6 rings (SSSR count). The molecular weight excluding hydrogens is 737 g/mol. The molecule has 3 aliphatic rings. The largest absolute Gasteiger partial charge is 0.468 e. The molecule has 9 heteroatoms. The van der Waals surface area contributed by atoms with Crippen LogP contribution in [0.1, 0.15) is 172 Å². The van der Waals surface area contributed by atoms with E-state index >= 15 is 0 Å². The van der Waals surface area contributed by atoms with Crippen molar-refractivity contribution in [1.82, 2.24) is 20.3 Å². The summed E-state index contributed by atoms with van der Waals surface area (Å²) < 4.78 is 11.1. The van der Waals surface area contributed by atoms with Gasteiger partial charge in [0.15, 0.2) is 5.78 Å². The Hall–Kier alpha value is -4.53. The minimum atomic E-state index is -1.11. The first-order valence-electron chi connectivity index (χ1n) is 22.5. The monoisotopic (exact) mass is 807 g/mol. The van der Waals surface area contributed by atoms with E-state index in [-0.39, 0.29) is 36.6 Å². The number of H-pyrrole nitrogens is 3. The summed E-state index contributed by atoms with van der Waals surface area (Å²) in [4.78, 5) is 52.6. The Kier molecular flexibility index (Phi) is 14.0. The van der Waals surface area contributed by atoms with Crippen molar-refractivity contribution in [2.45, 2.75) is 146 Å². The molecule has 3 aromatic heterocycles.